The van der Waals surface area contributed by atoms with E-state index >= 15 is 0 Å². The summed E-state index contributed by atoms with van der Waals surface area (Å²) in [4.78, 5) is 14.7. The van der Waals surface area contributed by atoms with Gasteiger partial charge < -0.3 is 14.8 Å². The predicted octanol–water partition coefficient (Wildman–Crippen LogP) is 3.37. The number of rotatable bonds is 7. The summed E-state index contributed by atoms with van der Waals surface area (Å²) in [7, 11) is 0. The van der Waals surface area contributed by atoms with E-state index in [4.69, 9.17) is 9.47 Å². The van der Waals surface area contributed by atoms with Crippen molar-refractivity contribution in [3.05, 3.63) is 77.9 Å². The van der Waals surface area contributed by atoms with E-state index in [1.54, 1.807) is 0 Å². The number of benzene rings is 3. The lowest BCUT2D eigenvalue weighted by Gasteiger charge is -2.26. The van der Waals surface area contributed by atoms with Crippen molar-refractivity contribution >= 4 is 16.7 Å². The average molecular weight is 390 g/mol. The van der Waals surface area contributed by atoms with E-state index in [0.717, 1.165) is 54.9 Å². The van der Waals surface area contributed by atoms with Crippen molar-refractivity contribution < 1.29 is 14.3 Å². The van der Waals surface area contributed by atoms with Crippen molar-refractivity contribution in [1.29, 1.82) is 0 Å². The molecule has 5 nitrogen and oxygen atoms in total. The van der Waals surface area contributed by atoms with Crippen LogP contribution in [0.15, 0.2) is 66.7 Å². The van der Waals surface area contributed by atoms with Crippen LogP contribution in [-0.2, 0) is 22.6 Å². The largest absolute Gasteiger partial charge is 0.483 e. The van der Waals surface area contributed by atoms with Gasteiger partial charge in [-0.25, -0.2) is 0 Å². The van der Waals surface area contributed by atoms with E-state index in [1.807, 2.05) is 54.6 Å². The molecule has 1 aliphatic heterocycles. The molecule has 0 spiro atoms. The van der Waals surface area contributed by atoms with Gasteiger partial charge in [0.05, 0.1) is 13.2 Å². The van der Waals surface area contributed by atoms with Crippen molar-refractivity contribution in [2.45, 2.75) is 13.1 Å². The van der Waals surface area contributed by atoms with Crippen LogP contribution in [0.3, 0.4) is 0 Å². The highest BCUT2D eigenvalue weighted by molar-refractivity contribution is 5.88. The van der Waals surface area contributed by atoms with E-state index in [-0.39, 0.29) is 12.5 Å². The van der Waals surface area contributed by atoms with E-state index < -0.39 is 0 Å². The summed E-state index contributed by atoms with van der Waals surface area (Å²) >= 11 is 0. The Morgan fingerprint density at radius 3 is 2.62 bits per heavy atom. The normalized spacial score (nSPS) is 14.6. The van der Waals surface area contributed by atoms with Crippen LogP contribution < -0.4 is 10.1 Å². The number of ether oxygens (including phenoxy) is 2. The van der Waals surface area contributed by atoms with Crippen LogP contribution in [0.1, 0.15) is 11.1 Å². The van der Waals surface area contributed by atoms with Crippen LogP contribution in [0, 0.1) is 0 Å². The Labute approximate surface area is 171 Å². The Balaban J connectivity index is 1.28. The first-order valence-electron chi connectivity index (χ1n) is 10.0. The van der Waals surface area contributed by atoms with Crippen molar-refractivity contribution in [2.75, 3.05) is 32.9 Å². The van der Waals surface area contributed by atoms with E-state index in [9.17, 15) is 4.79 Å². The molecule has 0 atom stereocenters. The zero-order chi connectivity index (χ0) is 19.9. The molecule has 0 aliphatic carbocycles. The summed E-state index contributed by atoms with van der Waals surface area (Å²) in [5, 5.41) is 5.06. The molecule has 1 heterocycles. The molecule has 3 aromatic carbocycles. The van der Waals surface area contributed by atoms with Gasteiger partial charge in [-0.15, -0.1) is 0 Å². The maximum absolute atomic E-state index is 12.3. The highest BCUT2D eigenvalue weighted by Gasteiger charge is 2.11. The number of nitrogens with zero attached hydrogens (tertiary/aromatic N) is 1. The third-order valence-corrected chi connectivity index (χ3v) is 5.10. The molecule has 0 unspecified atom stereocenters. The molecular formula is C24H26N2O3. The number of amides is 1. The number of nitrogens with one attached hydrogen (secondary N) is 1. The molecule has 3 aromatic rings. The van der Waals surface area contributed by atoms with Crippen molar-refractivity contribution in [3.63, 3.8) is 0 Å². The molecule has 0 saturated carbocycles. The van der Waals surface area contributed by atoms with Crippen LogP contribution in [0.5, 0.6) is 5.75 Å². The van der Waals surface area contributed by atoms with Gasteiger partial charge in [-0.3, -0.25) is 9.69 Å². The zero-order valence-electron chi connectivity index (χ0n) is 16.5. The molecule has 0 aromatic heterocycles. The fourth-order valence-electron chi connectivity index (χ4n) is 3.57. The number of fused-ring (bicyclic) bond motifs is 1. The summed E-state index contributed by atoms with van der Waals surface area (Å²) in [5.41, 5.74) is 2.35. The molecule has 1 amide bonds. The fraction of sp³-hybridized carbons (Fsp3) is 0.292. The van der Waals surface area contributed by atoms with Gasteiger partial charge in [0.25, 0.3) is 5.91 Å². The second kappa shape index (κ2) is 9.54. The van der Waals surface area contributed by atoms with Gasteiger partial charge in [0.15, 0.2) is 6.61 Å². The number of morpholine rings is 1. The maximum Gasteiger partial charge on any atom is 0.258 e. The van der Waals surface area contributed by atoms with Crippen LogP contribution in [0.4, 0.5) is 0 Å². The summed E-state index contributed by atoms with van der Waals surface area (Å²) in [6, 6.07) is 22.2. The van der Waals surface area contributed by atoms with Gasteiger partial charge in [0.2, 0.25) is 0 Å². The first-order chi connectivity index (χ1) is 14.3. The highest BCUT2D eigenvalue weighted by Crippen LogP contribution is 2.24. The molecule has 150 valence electrons. The molecule has 0 radical (unpaired) electrons. The van der Waals surface area contributed by atoms with Crippen LogP contribution in [0.2, 0.25) is 0 Å². The topological polar surface area (TPSA) is 50.8 Å². The minimum Gasteiger partial charge on any atom is -0.483 e. The Kier molecular flexibility index (Phi) is 6.39. The van der Waals surface area contributed by atoms with E-state index in [0.29, 0.717) is 6.54 Å². The Bertz CT molecular complexity index is 962. The molecular weight excluding hydrogens is 364 g/mol. The van der Waals surface area contributed by atoms with Gasteiger partial charge in [0.1, 0.15) is 5.75 Å². The molecule has 1 fully saturated rings. The molecule has 4 rings (SSSR count). The number of carbonyl (C=O) groups excluding carboxylic acids is 1. The van der Waals surface area contributed by atoms with Crippen molar-refractivity contribution in [2.24, 2.45) is 0 Å². The van der Waals surface area contributed by atoms with Crippen LogP contribution in [0.25, 0.3) is 10.8 Å². The van der Waals surface area contributed by atoms with Crippen molar-refractivity contribution in [1.82, 2.24) is 10.2 Å². The Morgan fingerprint density at radius 1 is 0.966 bits per heavy atom. The van der Waals surface area contributed by atoms with Gasteiger partial charge in [-0.2, -0.15) is 0 Å². The molecule has 0 bridgehead atoms. The number of hydrogen-bond acceptors (Lipinski definition) is 4. The molecule has 1 saturated heterocycles. The minimum atomic E-state index is -0.128. The lowest BCUT2D eigenvalue weighted by molar-refractivity contribution is -0.123. The smallest absolute Gasteiger partial charge is 0.258 e. The molecule has 29 heavy (non-hydrogen) atoms. The van der Waals surface area contributed by atoms with Crippen LogP contribution in [-0.4, -0.2) is 43.7 Å². The molecule has 5 heteroatoms. The minimum absolute atomic E-state index is 0.00146. The van der Waals surface area contributed by atoms with Gasteiger partial charge in [-0.05, 0) is 22.6 Å². The van der Waals surface area contributed by atoms with Crippen LogP contribution >= 0.6 is 0 Å². The third kappa shape index (κ3) is 5.34. The second-order valence-electron chi connectivity index (χ2n) is 7.25. The first-order valence-corrected chi connectivity index (χ1v) is 10.0. The molecule has 1 aliphatic rings. The fourth-order valence-corrected chi connectivity index (χ4v) is 3.57. The van der Waals surface area contributed by atoms with Gasteiger partial charge in [0, 0.05) is 31.6 Å². The predicted molar refractivity (Wildman–Crippen MR) is 114 cm³/mol. The Morgan fingerprint density at radius 2 is 1.72 bits per heavy atom. The third-order valence-electron chi connectivity index (χ3n) is 5.10. The Hall–Kier alpha value is -2.89. The molecule has 1 N–H and O–H groups in total. The SMILES string of the molecule is O=C(COc1cccc2ccccc12)NCc1cccc(CN2CCOCC2)c1. The van der Waals surface area contributed by atoms with Gasteiger partial charge in [-0.1, -0.05) is 60.7 Å². The summed E-state index contributed by atoms with van der Waals surface area (Å²) in [5.74, 6) is 0.599. The maximum atomic E-state index is 12.3. The number of carbonyl (C=O) groups is 1. The van der Waals surface area contributed by atoms with Gasteiger partial charge >= 0.3 is 0 Å². The standard InChI is InChI=1S/C24H26N2O3/c27-24(18-29-23-10-4-8-21-7-1-2-9-22(21)23)25-16-19-5-3-6-20(15-19)17-26-11-13-28-14-12-26/h1-10,15H,11-14,16-18H2,(H,25,27). The van der Waals surface area contributed by atoms with E-state index in [1.165, 1.54) is 5.56 Å². The highest BCUT2D eigenvalue weighted by atomic mass is 16.5. The lowest BCUT2D eigenvalue weighted by atomic mass is 10.1. The quantitative estimate of drug-likeness (QED) is 0.672. The lowest BCUT2D eigenvalue weighted by Crippen LogP contribution is -2.35. The van der Waals surface area contributed by atoms with Crippen molar-refractivity contribution in [3.8, 4) is 5.75 Å². The summed E-state index contributed by atoms with van der Waals surface area (Å²) in [6.45, 7) is 4.93. The summed E-state index contributed by atoms with van der Waals surface area (Å²) in [6.07, 6.45) is 0. The van der Waals surface area contributed by atoms with E-state index in [2.05, 4.69) is 22.3 Å². The first kappa shape index (κ1) is 19.4. The zero-order valence-corrected chi connectivity index (χ0v) is 16.5. The average Bonchev–Trinajstić information content (AvgIpc) is 2.77. The summed E-state index contributed by atoms with van der Waals surface area (Å²) < 4.78 is 11.2. The monoisotopic (exact) mass is 390 g/mol. The second-order valence-corrected chi connectivity index (χ2v) is 7.25. The number of hydrogen-bond donors (Lipinski definition) is 1.